The molecule has 0 fully saturated rings. The smallest absolute Gasteiger partial charge is 0.339 e. The van der Waals surface area contributed by atoms with Crippen molar-refractivity contribution in [3.8, 4) is 0 Å². The Kier molecular flexibility index (Phi) is 5.53. The Morgan fingerprint density at radius 3 is 2.60 bits per heavy atom. The molecule has 3 aromatic rings. The number of carbonyl (C=O) groups excluding carboxylic acids is 2. The Morgan fingerprint density at radius 2 is 1.83 bits per heavy atom. The number of pyridine rings is 1. The molecule has 30 heavy (non-hydrogen) atoms. The minimum Gasteiger partial charge on any atom is -0.452 e. The zero-order chi connectivity index (χ0) is 21.3. The zero-order valence-corrected chi connectivity index (χ0v) is 17.6. The number of aromatic nitrogens is 1. The number of anilines is 1. The van der Waals surface area contributed by atoms with Gasteiger partial charge < -0.3 is 10.1 Å². The van der Waals surface area contributed by atoms with Crippen LogP contribution in [0.3, 0.4) is 0 Å². The molecule has 0 unspecified atom stereocenters. The molecule has 1 aliphatic rings. The van der Waals surface area contributed by atoms with E-state index in [9.17, 15) is 9.59 Å². The third-order valence-electron chi connectivity index (χ3n) is 5.79. The standard InChI is InChI=1S/C25H26N2O3/c1-15-11-12-21-19(13-15)23(18-9-4-5-10-20(18)26-21)25(29)30-14-22(28)27-24-16(2)7-6-8-17(24)3/h4-10,15H,11-14H2,1-3H3,(H,27,28)/t15-/m1/s1. The summed E-state index contributed by atoms with van der Waals surface area (Å²) in [5.41, 5.74) is 5.99. The van der Waals surface area contributed by atoms with Gasteiger partial charge in [-0.2, -0.15) is 0 Å². The molecule has 1 aromatic heterocycles. The molecule has 5 heteroatoms. The first-order valence-electron chi connectivity index (χ1n) is 10.4. The van der Waals surface area contributed by atoms with Crippen LogP contribution in [-0.4, -0.2) is 23.5 Å². The number of rotatable bonds is 4. The quantitative estimate of drug-likeness (QED) is 0.638. The van der Waals surface area contributed by atoms with E-state index in [1.807, 2.05) is 56.3 Å². The Labute approximate surface area is 176 Å². The number of esters is 1. The number of fused-ring (bicyclic) bond motifs is 2. The summed E-state index contributed by atoms with van der Waals surface area (Å²) < 4.78 is 5.47. The van der Waals surface area contributed by atoms with E-state index in [1.54, 1.807) is 0 Å². The van der Waals surface area contributed by atoms with Crippen LogP contribution in [0.15, 0.2) is 42.5 Å². The lowest BCUT2D eigenvalue weighted by molar-refractivity contribution is -0.119. The Morgan fingerprint density at radius 1 is 1.10 bits per heavy atom. The maximum atomic E-state index is 13.1. The van der Waals surface area contributed by atoms with Crippen molar-refractivity contribution >= 4 is 28.5 Å². The second kappa shape index (κ2) is 8.27. The van der Waals surface area contributed by atoms with Crippen LogP contribution in [0.25, 0.3) is 10.9 Å². The second-order valence-electron chi connectivity index (χ2n) is 8.17. The summed E-state index contributed by atoms with van der Waals surface area (Å²) >= 11 is 0. The van der Waals surface area contributed by atoms with Gasteiger partial charge in [0.25, 0.3) is 5.91 Å². The molecule has 4 rings (SSSR count). The number of ether oxygens (including phenoxy) is 1. The summed E-state index contributed by atoms with van der Waals surface area (Å²) in [5, 5.41) is 3.65. The number of para-hydroxylation sites is 2. The van der Waals surface area contributed by atoms with Crippen molar-refractivity contribution in [2.75, 3.05) is 11.9 Å². The number of amides is 1. The fourth-order valence-electron chi connectivity index (χ4n) is 4.19. The number of hydrogen-bond donors (Lipinski definition) is 1. The molecule has 0 spiro atoms. The summed E-state index contributed by atoms with van der Waals surface area (Å²) in [5.74, 6) is -0.323. The maximum Gasteiger partial charge on any atom is 0.339 e. The summed E-state index contributed by atoms with van der Waals surface area (Å²) in [4.78, 5) is 30.3. The third-order valence-corrected chi connectivity index (χ3v) is 5.79. The van der Waals surface area contributed by atoms with Crippen LogP contribution in [0.1, 0.15) is 46.1 Å². The first-order chi connectivity index (χ1) is 14.4. The molecule has 2 aromatic carbocycles. The van der Waals surface area contributed by atoms with Gasteiger partial charge in [-0.1, -0.05) is 43.3 Å². The fourth-order valence-corrected chi connectivity index (χ4v) is 4.19. The average molecular weight is 402 g/mol. The number of nitrogens with zero attached hydrogens (tertiary/aromatic N) is 1. The van der Waals surface area contributed by atoms with Crippen LogP contribution in [0.4, 0.5) is 5.69 Å². The van der Waals surface area contributed by atoms with Crippen LogP contribution in [0.5, 0.6) is 0 Å². The molecule has 0 saturated heterocycles. The van der Waals surface area contributed by atoms with Gasteiger partial charge in [0.2, 0.25) is 0 Å². The largest absolute Gasteiger partial charge is 0.452 e. The summed E-state index contributed by atoms with van der Waals surface area (Å²) in [6, 6.07) is 13.4. The number of hydrogen-bond acceptors (Lipinski definition) is 4. The minimum absolute atomic E-state index is 0.326. The monoisotopic (exact) mass is 402 g/mol. The van der Waals surface area contributed by atoms with E-state index in [0.29, 0.717) is 11.5 Å². The SMILES string of the molecule is Cc1cccc(C)c1NC(=O)COC(=O)c1c2c(nc3ccccc13)CC[C@@H](C)C2. The highest BCUT2D eigenvalue weighted by molar-refractivity contribution is 6.06. The van der Waals surface area contributed by atoms with Gasteiger partial charge in [-0.25, -0.2) is 4.79 Å². The van der Waals surface area contributed by atoms with Crippen molar-refractivity contribution in [2.24, 2.45) is 5.92 Å². The van der Waals surface area contributed by atoms with Gasteiger partial charge in [-0.15, -0.1) is 0 Å². The molecule has 1 heterocycles. The Balaban J connectivity index is 1.58. The Hall–Kier alpha value is -3.21. The molecule has 154 valence electrons. The highest BCUT2D eigenvalue weighted by Crippen LogP contribution is 2.32. The van der Waals surface area contributed by atoms with Gasteiger partial charge in [0.05, 0.1) is 11.1 Å². The van der Waals surface area contributed by atoms with Crippen molar-refractivity contribution in [1.82, 2.24) is 4.98 Å². The number of benzene rings is 2. The summed E-state index contributed by atoms with van der Waals surface area (Å²) in [6.45, 7) is 5.73. The average Bonchev–Trinajstić information content (AvgIpc) is 2.73. The molecule has 5 nitrogen and oxygen atoms in total. The van der Waals surface area contributed by atoms with Crippen LogP contribution in [0.2, 0.25) is 0 Å². The lowest BCUT2D eigenvalue weighted by atomic mass is 9.84. The number of aryl methyl sites for hydroxylation is 3. The lowest BCUT2D eigenvalue weighted by Gasteiger charge is -2.24. The van der Waals surface area contributed by atoms with Gasteiger partial charge in [0.1, 0.15) is 0 Å². The topological polar surface area (TPSA) is 68.3 Å². The lowest BCUT2D eigenvalue weighted by Crippen LogP contribution is -2.24. The number of nitrogens with one attached hydrogen (secondary N) is 1. The highest BCUT2D eigenvalue weighted by atomic mass is 16.5. The minimum atomic E-state index is -0.462. The van der Waals surface area contributed by atoms with Gasteiger partial charge in [0, 0.05) is 16.8 Å². The molecular formula is C25H26N2O3. The fraction of sp³-hybridized carbons (Fsp3) is 0.320. The van der Waals surface area contributed by atoms with E-state index in [1.165, 1.54) is 0 Å². The molecule has 1 amide bonds. The molecule has 0 bridgehead atoms. The van der Waals surface area contributed by atoms with E-state index in [-0.39, 0.29) is 12.5 Å². The van der Waals surface area contributed by atoms with Crippen molar-refractivity contribution in [2.45, 2.75) is 40.0 Å². The molecule has 1 aliphatic carbocycles. The number of carbonyl (C=O) groups is 2. The molecule has 0 radical (unpaired) electrons. The second-order valence-corrected chi connectivity index (χ2v) is 8.17. The van der Waals surface area contributed by atoms with Crippen molar-refractivity contribution in [1.29, 1.82) is 0 Å². The molecule has 1 N–H and O–H groups in total. The zero-order valence-electron chi connectivity index (χ0n) is 17.6. The maximum absolute atomic E-state index is 13.1. The van der Waals surface area contributed by atoms with Gasteiger partial charge >= 0.3 is 5.97 Å². The van der Waals surface area contributed by atoms with E-state index in [4.69, 9.17) is 9.72 Å². The predicted octanol–water partition coefficient (Wildman–Crippen LogP) is 4.77. The van der Waals surface area contributed by atoms with E-state index in [2.05, 4.69) is 12.2 Å². The Bertz CT molecular complexity index is 1120. The van der Waals surface area contributed by atoms with Crippen LogP contribution in [-0.2, 0) is 22.4 Å². The van der Waals surface area contributed by atoms with Crippen molar-refractivity contribution in [3.05, 3.63) is 70.4 Å². The molecule has 0 saturated carbocycles. The van der Waals surface area contributed by atoms with E-state index in [0.717, 1.165) is 58.2 Å². The van der Waals surface area contributed by atoms with E-state index < -0.39 is 5.97 Å². The van der Waals surface area contributed by atoms with Crippen molar-refractivity contribution in [3.63, 3.8) is 0 Å². The summed E-state index contributed by atoms with van der Waals surface area (Å²) in [6.07, 6.45) is 2.71. The predicted molar refractivity (Wildman–Crippen MR) is 118 cm³/mol. The van der Waals surface area contributed by atoms with E-state index >= 15 is 0 Å². The van der Waals surface area contributed by atoms with Crippen LogP contribution < -0.4 is 5.32 Å². The first-order valence-corrected chi connectivity index (χ1v) is 10.4. The van der Waals surface area contributed by atoms with Gasteiger partial charge in [-0.05, 0) is 61.8 Å². The van der Waals surface area contributed by atoms with Gasteiger partial charge in [0.15, 0.2) is 6.61 Å². The third kappa shape index (κ3) is 3.92. The molecule has 1 atom stereocenters. The molecule has 0 aliphatic heterocycles. The van der Waals surface area contributed by atoms with Crippen molar-refractivity contribution < 1.29 is 14.3 Å². The summed E-state index contributed by atoms with van der Waals surface area (Å²) in [7, 11) is 0. The molecular weight excluding hydrogens is 376 g/mol. The van der Waals surface area contributed by atoms with Crippen LogP contribution in [0, 0.1) is 19.8 Å². The normalized spacial score (nSPS) is 15.5. The van der Waals surface area contributed by atoms with Crippen LogP contribution >= 0.6 is 0 Å². The first kappa shape index (κ1) is 20.1. The van der Waals surface area contributed by atoms with Gasteiger partial charge in [-0.3, -0.25) is 9.78 Å². The highest BCUT2D eigenvalue weighted by Gasteiger charge is 2.26.